The fourth-order valence-corrected chi connectivity index (χ4v) is 4.62. The summed E-state index contributed by atoms with van der Waals surface area (Å²) in [5.74, 6) is -0.221. The molecule has 1 atom stereocenters. The molecule has 0 saturated heterocycles. The van der Waals surface area contributed by atoms with E-state index < -0.39 is 11.6 Å². The van der Waals surface area contributed by atoms with Crippen molar-refractivity contribution in [2.45, 2.75) is 84.3 Å². The molecule has 0 aliphatic heterocycles. The van der Waals surface area contributed by atoms with Gasteiger partial charge >= 0.3 is 0 Å². The zero-order chi connectivity index (χ0) is 27.9. The Balaban J connectivity index is 1.90. The van der Waals surface area contributed by atoms with Crippen molar-refractivity contribution in [3.8, 4) is 0 Å². The van der Waals surface area contributed by atoms with Crippen LogP contribution in [0.5, 0.6) is 0 Å². The van der Waals surface area contributed by atoms with E-state index in [1.807, 2.05) is 75.4 Å². The van der Waals surface area contributed by atoms with E-state index in [-0.39, 0.29) is 17.2 Å². The second-order valence-corrected chi connectivity index (χ2v) is 12.5. The number of amides is 2. The molecule has 1 N–H and O–H groups in total. The lowest BCUT2D eigenvalue weighted by Gasteiger charge is -2.34. The number of rotatable bonds is 9. The van der Waals surface area contributed by atoms with E-state index in [1.54, 1.807) is 4.90 Å². The van der Waals surface area contributed by atoms with E-state index in [0.29, 0.717) is 30.8 Å². The van der Waals surface area contributed by atoms with E-state index in [4.69, 9.17) is 11.6 Å². The summed E-state index contributed by atoms with van der Waals surface area (Å²) in [5.41, 5.74) is 3.91. The first-order valence-corrected chi connectivity index (χ1v) is 13.7. The molecular formula is C33H41ClN2O2. The van der Waals surface area contributed by atoms with Gasteiger partial charge in [0.15, 0.2) is 0 Å². The van der Waals surface area contributed by atoms with Gasteiger partial charge in [-0.15, -0.1) is 0 Å². The topological polar surface area (TPSA) is 49.4 Å². The van der Waals surface area contributed by atoms with E-state index >= 15 is 0 Å². The molecule has 2 amide bonds. The van der Waals surface area contributed by atoms with Gasteiger partial charge in [-0.25, -0.2) is 0 Å². The maximum absolute atomic E-state index is 13.8. The zero-order valence-corrected chi connectivity index (χ0v) is 24.3. The number of hydrogen-bond acceptors (Lipinski definition) is 2. The first-order valence-electron chi connectivity index (χ1n) is 13.3. The third-order valence-electron chi connectivity index (χ3n) is 6.46. The summed E-state index contributed by atoms with van der Waals surface area (Å²) in [6, 6.07) is 25.2. The number of nitrogens with one attached hydrogen (secondary N) is 1. The molecule has 5 heteroatoms. The number of hydrogen-bond donors (Lipinski definition) is 1. The molecule has 0 bridgehead atoms. The average Bonchev–Trinajstić information content (AvgIpc) is 2.84. The molecule has 3 rings (SSSR count). The largest absolute Gasteiger partial charge is 0.350 e. The number of aryl methyl sites for hydroxylation is 1. The molecule has 3 aromatic rings. The summed E-state index contributed by atoms with van der Waals surface area (Å²) in [6.07, 6.45) is 1.34. The van der Waals surface area contributed by atoms with Gasteiger partial charge in [-0.2, -0.15) is 0 Å². The van der Waals surface area contributed by atoms with Gasteiger partial charge in [-0.1, -0.05) is 99.1 Å². The summed E-state index contributed by atoms with van der Waals surface area (Å²) in [7, 11) is 0. The molecule has 0 aromatic heterocycles. The molecule has 0 fully saturated rings. The molecule has 3 aromatic carbocycles. The number of carbonyl (C=O) groups excluding carboxylic acids is 2. The molecular weight excluding hydrogens is 492 g/mol. The summed E-state index contributed by atoms with van der Waals surface area (Å²) < 4.78 is 0. The van der Waals surface area contributed by atoms with Gasteiger partial charge in [0, 0.05) is 29.9 Å². The van der Waals surface area contributed by atoms with E-state index in [1.165, 1.54) is 5.56 Å². The maximum atomic E-state index is 13.8. The number of halogens is 1. The Morgan fingerprint density at radius 3 is 2.03 bits per heavy atom. The normalized spacial score (nSPS) is 12.6. The lowest BCUT2D eigenvalue weighted by Crippen LogP contribution is -2.54. The smallest absolute Gasteiger partial charge is 0.243 e. The van der Waals surface area contributed by atoms with Crippen LogP contribution in [0.1, 0.15) is 70.2 Å². The van der Waals surface area contributed by atoms with Gasteiger partial charge in [0.05, 0.1) is 0 Å². The van der Waals surface area contributed by atoms with Crippen molar-refractivity contribution in [3.05, 3.63) is 106 Å². The van der Waals surface area contributed by atoms with E-state index in [0.717, 1.165) is 16.7 Å². The van der Waals surface area contributed by atoms with Gasteiger partial charge in [-0.05, 0) is 67.0 Å². The van der Waals surface area contributed by atoms with Crippen LogP contribution in [0.3, 0.4) is 0 Å². The molecule has 0 aliphatic carbocycles. The minimum atomic E-state index is -0.661. The van der Waals surface area contributed by atoms with Gasteiger partial charge < -0.3 is 10.2 Å². The SMILES string of the molecule is CC(C)(C)NC(=O)[C@H](Cc1ccccc1)N(Cc1cccc(Cl)c1)C(=O)CCc1ccc(C(C)(C)C)cc1. The Bertz CT molecular complexity index is 1210. The van der Waals surface area contributed by atoms with Crippen LogP contribution in [-0.4, -0.2) is 28.3 Å². The van der Waals surface area contributed by atoms with Gasteiger partial charge in [0.25, 0.3) is 0 Å². The fraction of sp³-hybridized carbons (Fsp3) is 0.394. The second-order valence-electron chi connectivity index (χ2n) is 12.0. The number of nitrogens with zero attached hydrogens (tertiary/aromatic N) is 1. The van der Waals surface area contributed by atoms with Crippen molar-refractivity contribution in [3.63, 3.8) is 0 Å². The monoisotopic (exact) mass is 532 g/mol. The summed E-state index contributed by atoms with van der Waals surface area (Å²) >= 11 is 6.27. The van der Waals surface area contributed by atoms with Crippen LogP contribution in [-0.2, 0) is 34.4 Å². The Morgan fingerprint density at radius 2 is 1.45 bits per heavy atom. The van der Waals surface area contributed by atoms with Crippen LogP contribution in [0, 0.1) is 0 Å². The minimum Gasteiger partial charge on any atom is -0.350 e. The van der Waals surface area contributed by atoms with E-state index in [2.05, 4.69) is 50.4 Å². The number of benzene rings is 3. The van der Waals surface area contributed by atoms with Crippen molar-refractivity contribution >= 4 is 23.4 Å². The van der Waals surface area contributed by atoms with Crippen LogP contribution in [0.25, 0.3) is 0 Å². The maximum Gasteiger partial charge on any atom is 0.243 e. The molecule has 0 heterocycles. The Morgan fingerprint density at radius 1 is 0.816 bits per heavy atom. The zero-order valence-electron chi connectivity index (χ0n) is 23.6. The predicted octanol–water partition coefficient (Wildman–Crippen LogP) is 7.12. The first kappa shape index (κ1) is 29.4. The van der Waals surface area contributed by atoms with Gasteiger partial charge in [-0.3, -0.25) is 9.59 Å². The first-order chi connectivity index (χ1) is 17.8. The van der Waals surface area contributed by atoms with Crippen molar-refractivity contribution < 1.29 is 9.59 Å². The van der Waals surface area contributed by atoms with Gasteiger partial charge in [0.1, 0.15) is 6.04 Å². The van der Waals surface area contributed by atoms with Crippen LogP contribution < -0.4 is 5.32 Å². The molecule has 202 valence electrons. The van der Waals surface area contributed by atoms with E-state index in [9.17, 15) is 9.59 Å². The van der Waals surface area contributed by atoms with Crippen molar-refractivity contribution in [1.82, 2.24) is 10.2 Å². The van der Waals surface area contributed by atoms with Crippen molar-refractivity contribution in [2.75, 3.05) is 0 Å². The predicted molar refractivity (Wildman–Crippen MR) is 157 cm³/mol. The summed E-state index contributed by atoms with van der Waals surface area (Å²) in [6.45, 7) is 12.7. The number of carbonyl (C=O) groups is 2. The highest BCUT2D eigenvalue weighted by Crippen LogP contribution is 2.23. The molecule has 4 nitrogen and oxygen atoms in total. The fourth-order valence-electron chi connectivity index (χ4n) is 4.41. The summed E-state index contributed by atoms with van der Waals surface area (Å²) in [5, 5.41) is 3.71. The van der Waals surface area contributed by atoms with Crippen LogP contribution in [0.15, 0.2) is 78.9 Å². The van der Waals surface area contributed by atoms with Crippen LogP contribution in [0.4, 0.5) is 0 Å². The minimum absolute atomic E-state index is 0.0603. The Labute approximate surface area is 233 Å². The molecule has 0 saturated carbocycles. The van der Waals surface area contributed by atoms with Crippen LogP contribution in [0.2, 0.25) is 5.02 Å². The lowest BCUT2D eigenvalue weighted by molar-refractivity contribution is -0.141. The average molecular weight is 533 g/mol. The Kier molecular flexibility index (Phi) is 9.78. The molecule has 0 aliphatic rings. The highest BCUT2D eigenvalue weighted by molar-refractivity contribution is 6.30. The highest BCUT2D eigenvalue weighted by Gasteiger charge is 2.32. The lowest BCUT2D eigenvalue weighted by atomic mass is 9.86. The molecule has 0 spiro atoms. The van der Waals surface area contributed by atoms with Crippen LogP contribution >= 0.6 is 11.6 Å². The summed E-state index contributed by atoms with van der Waals surface area (Å²) in [4.78, 5) is 29.2. The highest BCUT2D eigenvalue weighted by atomic mass is 35.5. The van der Waals surface area contributed by atoms with Gasteiger partial charge in [0.2, 0.25) is 11.8 Å². The third kappa shape index (κ3) is 9.02. The van der Waals surface area contributed by atoms with Crippen molar-refractivity contribution in [2.24, 2.45) is 0 Å². The quantitative estimate of drug-likeness (QED) is 0.319. The van der Waals surface area contributed by atoms with Crippen molar-refractivity contribution in [1.29, 1.82) is 0 Å². The molecule has 0 unspecified atom stereocenters. The second kappa shape index (κ2) is 12.6. The third-order valence-corrected chi connectivity index (χ3v) is 6.69. The molecule has 38 heavy (non-hydrogen) atoms. The standard InChI is InChI=1S/C33H41ClN2O2/c1-32(2,3)27-18-15-24(16-19-27)17-20-30(37)36(23-26-13-10-14-28(34)21-26)29(31(38)35-33(4,5)6)22-25-11-8-7-9-12-25/h7-16,18-19,21,29H,17,20,22-23H2,1-6H3,(H,35,38)/t29-/m0/s1. The Hall–Kier alpha value is -3.11. The molecule has 0 radical (unpaired) electrons.